The van der Waals surface area contributed by atoms with Gasteiger partial charge in [-0.05, 0) is 64.2 Å². The molecule has 0 amide bonds. The Kier molecular flexibility index (Phi) is 8.19. The van der Waals surface area contributed by atoms with Crippen LogP contribution in [0.4, 0.5) is 0 Å². The number of carbonyl (C=O) groups is 1. The maximum absolute atomic E-state index is 12.3. The molecule has 1 atom stereocenters. The molecule has 1 heterocycles. The third-order valence-electron chi connectivity index (χ3n) is 4.14. The van der Waals surface area contributed by atoms with E-state index in [1.165, 1.54) is 0 Å². The number of hydrogen-bond acceptors (Lipinski definition) is 5. The number of aliphatic imine (C=N–C) groups is 1. The Morgan fingerprint density at radius 3 is 2.64 bits per heavy atom. The van der Waals surface area contributed by atoms with Crippen LogP contribution in [0.15, 0.2) is 51.7 Å². The van der Waals surface area contributed by atoms with Gasteiger partial charge in [-0.1, -0.05) is 13.8 Å². The molecule has 5 nitrogen and oxygen atoms in total. The van der Waals surface area contributed by atoms with E-state index in [1.54, 1.807) is 13.2 Å². The van der Waals surface area contributed by atoms with Gasteiger partial charge in [0.25, 0.3) is 0 Å². The zero-order valence-corrected chi connectivity index (χ0v) is 16.2. The lowest BCUT2D eigenvalue weighted by atomic mass is 10.0. The predicted octanol–water partition coefficient (Wildman–Crippen LogP) is 4.38. The number of ether oxygens (including phenoxy) is 2. The van der Waals surface area contributed by atoms with Gasteiger partial charge in [0, 0.05) is 11.3 Å². The van der Waals surface area contributed by atoms with E-state index in [4.69, 9.17) is 15.2 Å². The molecule has 0 saturated carbocycles. The normalized spacial score (nSPS) is 20.0. The zero-order valence-electron chi connectivity index (χ0n) is 16.2. The molecule has 5 heteroatoms. The highest BCUT2D eigenvalue weighted by molar-refractivity contribution is 6.43. The van der Waals surface area contributed by atoms with Gasteiger partial charge in [-0.2, -0.15) is 0 Å². The highest BCUT2D eigenvalue weighted by Crippen LogP contribution is 2.23. The van der Waals surface area contributed by atoms with Gasteiger partial charge >= 0.3 is 5.97 Å². The number of hydrogen-bond donors (Lipinski definition) is 1. The van der Waals surface area contributed by atoms with Gasteiger partial charge in [0.2, 0.25) is 0 Å². The standard InChI is InChI=1S/C20H30N2O3/c1-7-14(4)18(21)19(20(23)24-8-2)22-16(6)15(5)17-12-13(3)10-9-11-25-17/h9,11-13H,7-8,10,21H2,1-6H3/b16-15+,18-14?,22-19?. The fourth-order valence-electron chi connectivity index (χ4n) is 2.21. The zero-order chi connectivity index (χ0) is 19.0. The molecule has 0 aromatic carbocycles. The Morgan fingerprint density at radius 2 is 2.04 bits per heavy atom. The van der Waals surface area contributed by atoms with Crippen LogP contribution in [0.2, 0.25) is 0 Å². The van der Waals surface area contributed by atoms with E-state index in [9.17, 15) is 4.79 Å². The van der Waals surface area contributed by atoms with Crippen molar-refractivity contribution in [1.29, 1.82) is 0 Å². The van der Waals surface area contributed by atoms with Gasteiger partial charge in [-0.15, -0.1) is 0 Å². The van der Waals surface area contributed by atoms with E-state index in [0.717, 1.165) is 29.7 Å². The molecule has 1 aliphatic heterocycles. The van der Waals surface area contributed by atoms with Gasteiger partial charge in [0.05, 0.1) is 18.6 Å². The van der Waals surface area contributed by atoms with Crippen LogP contribution in [0.25, 0.3) is 0 Å². The number of nitrogens with zero attached hydrogens (tertiary/aromatic N) is 1. The average molecular weight is 346 g/mol. The van der Waals surface area contributed by atoms with Crippen LogP contribution in [0.1, 0.15) is 54.4 Å². The summed E-state index contributed by atoms with van der Waals surface area (Å²) in [6, 6.07) is 0. The summed E-state index contributed by atoms with van der Waals surface area (Å²) in [5, 5.41) is 0. The Bertz CT molecular complexity index is 652. The third kappa shape index (κ3) is 5.93. The Hall–Kier alpha value is -2.30. The van der Waals surface area contributed by atoms with Crippen LogP contribution in [0.3, 0.4) is 0 Å². The second kappa shape index (κ2) is 9.87. The van der Waals surface area contributed by atoms with Gasteiger partial charge in [-0.25, -0.2) is 9.79 Å². The number of nitrogens with two attached hydrogens (primary N) is 1. The van der Waals surface area contributed by atoms with Crippen molar-refractivity contribution in [3.8, 4) is 0 Å². The first-order valence-electron chi connectivity index (χ1n) is 8.74. The van der Waals surface area contributed by atoms with Gasteiger partial charge < -0.3 is 15.2 Å². The minimum Gasteiger partial charge on any atom is -0.465 e. The lowest BCUT2D eigenvalue weighted by molar-refractivity contribution is -0.134. The second-order valence-electron chi connectivity index (χ2n) is 6.17. The molecule has 0 fully saturated rings. The summed E-state index contributed by atoms with van der Waals surface area (Å²) >= 11 is 0. The predicted molar refractivity (Wildman–Crippen MR) is 102 cm³/mol. The number of allylic oxidation sites excluding steroid dienone is 5. The second-order valence-corrected chi connectivity index (χ2v) is 6.17. The smallest absolute Gasteiger partial charge is 0.359 e. The molecule has 2 N–H and O–H groups in total. The van der Waals surface area contributed by atoms with Crippen molar-refractivity contribution < 1.29 is 14.3 Å². The molecule has 0 aliphatic carbocycles. The lowest BCUT2D eigenvalue weighted by Gasteiger charge is -2.12. The molecule has 0 bridgehead atoms. The Morgan fingerprint density at radius 1 is 1.36 bits per heavy atom. The highest BCUT2D eigenvalue weighted by atomic mass is 16.5. The summed E-state index contributed by atoms with van der Waals surface area (Å²) in [7, 11) is 0. The topological polar surface area (TPSA) is 73.9 Å². The Balaban J connectivity index is 3.34. The van der Waals surface area contributed by atoms with Crippen molar-refractivity contribution in [2.45, 2.75) is 54.4 Å². The van der Waals surface area contributed by atoms with Gasteiger partial charge in [0.15, 0.2) is 5.71 Å². The third-order valence-corrected chi connectivity index (χ3v) is 4.14. The SMILES string of the molecule is CCOC(=O)C(=N/C(C)=C(\C)C1=CC(C)CC=CO1)C(N)=C(C)CC. The lowest BCUT2D eigenvalue weighted by Crippen LogP contribution is -2.25. The number of esters is 1. The summed E-state index contributed by atoms with van der Waals surface area (Å²) in [6.07, 6.45) is 7.42. The highest BCUT2D eigenvalue weighted by Gasteiger charge is 2.19. The van der Waals surface area contributed by atoms with Crippen molar-refractivity contribution >= 4 is 11.7 Å². The first kappa shape index (κ1) is 20.7. The van der Waals surface area contributed by atoms with E-state index in [-0.39, 0.29) is 12.3 Å². The van der Waals surface area contributed by atoms with Gasteiger partial charge in [-0.3, -0.25) is 0 Å². The first-order chi connectivity index (χ1) is 11.8. The van der Waals surface area contributed by atoms with Crippen molar-refractivity contribution in [3.63, 3.8) is 0 Å². The largest absolute Gasteiger partial charge is 0.465 e. The molecule has 0 saturated heterocycles. The molecule has 0 aromatic heterocycles. The van der Waals surface area contributed by atoms with E-state index in [1.807, 2.05) is 33.8 Å². The summed E-state index contributed by atoms with van der Waals surface area (Å²) in [5.74, 6) is 0.613. The molecule has 25 heavy (non-hydrogen) atoms. The van der Waals surface area contributed by atoms with Crippen molar-refractivity contribution in [1.82, 2.24) is 0 Å². The quantitative estimate of drug-likeness (QED) is 0.572. The first-order valence-corrected chi connectivity index (χ1v) is 8.74. The van der Waals surface area contributed by atoms with Crippen molar-refractivity contribution in [2.24, 2.45) is 16.6 Å². The molecular weight excluding hydrogens is 316 g/mol. The maximum atomic E-state index is 12.3. The fourth-order valence-corrected chi connectivity index (χ4v) is 2.21. The molecule has 1 aliphatic rings. The van der Waals surface area contributed by atoms with Crippen LogP contribution in [0.5, 0.6) is 0 Å². The van der Waals surface area contributed by atoms with Crippen LogP contribution < -0.4 is 5.73 Å². The summed E-state index contributed by atoms with van der Waals surface area (Å²) < 4.78 is 10.8. The van der Waals surface area contributed by atoms with E-state index < -0.39 is 5.97 Å². The molecule has 0 spiro atoms. The molecule has 138 valence electrons. The molecule has 1 rings (SSSR count). The number of rotatable bonds is 6. The molecular formula is C20H30N2O3. The summed E-state index contributed by atoms with van der Waals surface area (Å²) in [6.45, 7) is 11.8. The van der Waals surface area contributed by atoms with E-state index in [2.05, 4.69) is 18.0 Å². The fraction of sp³-hybridized carbons (Fsp3) is 0.500. The van der Waals surface area contributed by atoms with Crippen LogP contribution in [0, 0.1) is 5.92 Å². The number of carbonyl (C=O) groups excluding carboxylic acids is 1. The summed E-state index contributed by atoms with van der Waals surface area (Å²) in [4.78, 5) is 16.8. The Labute approximate surface area is 151 Å². The molecule has 0 aromatic rings. The van der Waals surface area contributed by atoms with Gasteiger partial charge in [0.1, 0.15) is 5.76 Å². The molecule has 1 unspecified atom stereocenters. The van der Waals surface area contributed by atoms with Crippen molar-refractivity contribution in [3.05, 3.63) is 46.7 Å². The van der Waals surface area contributed by atoms with Crippen LogP contribution in [-0.4, -0.2) is 18.3 Å². The average Bonchev–Trinajstić information content (AvgIpc) is 2.81. The minimum absolute atomic E-state index is 0.149. The van der Waals surface area contributed by atoms with E-state index in [0.29, 0.717) is 17.3 Å². The maximum Gasteiger partial charge on any atom is 0.359 e. The van der Waals surface area contributed by atoms with Crippen molar-refractivity contribution in [2.75, 3.05) is 6.61 Å². The minimum atomic E-state index is -0.510. The summed E-state index contributed by atoms with van der Waals surface area (Å²) in [5.41, 5.74) is 9.10. The monoisotopic (exact) mass is 346 g/mol. The van der Waals surface area contributed by atoms with Crippen LogP contribution in [-0.2, 0) is 14.3 Å². The molecule has 0 radical (unpaired) electrons. The van der Waals surface area contributed by atoms with E-state index >= 15 is 0 Å². The van der Waals surface area contributed by atoms with Crippen LogP contribution >= 0.6 is 0 Å².